The number of ether oxygens (including phenoxy) is 2. The van der Waals surface area contributed by atoms with Gasteiger partial charge in [-0.15, -0.1) is 0 Å². The topological polar surface area (TPSA) is 197 Å². The van der Waals surface area contributed by atoms with Gasteiger partial charge in [-0.3, -0.25) is 24.0 Å². The Hall–Kier alpha value is -3.06. The van der Waals surface area contributed by atoms with Crippen LogP contribution in [0.5, 0.6) is 0 Å². The maximum Gasteiger partial charge on any atom is 0.303 e. The molecular formula is C37H71N3O10. The Labute approximate surface area is 301 Å². The number of carbonyl (C=O) groups is 6. The number of rotatable bonds is 31. The maximum absolute atomic E-state index is 12.4. The third-order valence-electron chi connectivity index (χ3n) is 7.35. The van der Waals surface area contributed by atoms with Crippen molar-refractivity contribution in [1.82, 2.24) is 16.0 Å². The van der Waals surface area contributed by atoms with Gasteiger partial charge < -0.3 is 40.4 Å². The first-order valence-electron chi connectivity index (χ1n) is 18.6. The molecule has 0 aromatic rings. The molecular weight excluding hydrogens is 646 g/mol. The zero-order valence-electron chi connectivity index (χ0n) is 31.9. The van der Waals surface area contributed by atoms with Gasteiger partial charge in [-0.25, -0.2) is 0 Å². The van der Waals surface area contributed by atoms with E-state index in [-0.39, 0.29) is 36.5 Å². The molecule has 0 saturated carbocycles. The lowest BCUT2D eigenvalue weighted by Gasteiger charge is -2.25. The summed E-state index contributed by atoms with van der Waals surface area (Å²) in [7, 11) is 0. The summed E-state index contributed by atoms with van der Waals surface area (Å²) in [6.45, 7) is 11.5. The van der Waals surface area contributed by atoms with Crippen molar-refractivity contribution in [1.29, 1.82) is 0 Å². The number of aldehydes is 1. The number of carboxylic acids is 1. The lowest BCUT2D eigenvalue weighted by Crippen LogP contribution is -2.55. The van der Waals surface area contributed by atoms with Gasteiger partial charge in [-0.05, 0) is 40.0 Å². The molecule has 0 saturated heterocycles. The summed E-state index contributed by atoms with van der Waals surface area (Å²) in [6.07, 6.45) is 18.7. The number of carbonyl (C=O) groups excluding carboxylic acids is 4. The third kappa shape index (κ3) is 43.0. The molecule has 0 unspecified atom stereocenters. The fourth-order valence-electron chi connectivity index (χ4n) is 4.54. The molecule has 0 spiro atoms. The van der Waals surface area contributed by atoms with E-state index in [0.717, 1.165) is 44.8 Å². The highest BCUT2D eigenvalue weighted by atomic mass is 16.5. The van der Waals surface area contributed by atoms with Crippen LogP contribution in [0, 0.1) is 5.92 Å². The molecule has 0 rings (SSSR count). The van der Waals surface area contributed by atoms with E-state index in [1.54, 1.807) is 13.8 Å². The molecule has 0 aromatic heterocycles. The van der Waals surface area contributed by atoms with E-state index in [1.807, 2.05) is 20.8 Å². The van der Waals surface area contributed by atoms with Crippen molar-refractivity contribution in [2.45, 2.75) is 156 Å². The second-order valence-corrected chi connectivity index (χ2v) is 13.0. The SMILES string of the molecule is CC(C)C=O.CCOCCOCCNC(=O)C(C)(C)NC(=O)CCCNC(=O)CCCCCCCCCCCCCCCCC(=O)O.O=CO. The van der Waals surface area contributed by atoms with Crippen molar-refractivity contribution in [2.75, 3.05) is 39.5 Å². The maximum atomic E-state index is 12.4. The highest BCUT2D eigenvalue weighted by Crippen LogP contribution is 2.14. The second kappa shape index (κ2) is 38.7. The predicted molar refractivity (Wildman–Crippen MR) is 196 cm³/mol. The van der Waals surface area contributed by atoms with E-state index in [2.05, 4.69) is 16.0 Å². The Morgan fingerprint density at radius 3 is 1.50 bits per heavy atom. The van der Waals surface area contributed by atoms with E-state index in [0.29, 0.717) is 58.8 Å². The summed E-state index contributed by atoms with van der Waals surface area (Å²) in [6, 6.07) is 0. The first kappa shape index (κ1) is 51.3. The fraction of sp³-hybridized carbons (Fsp3) is 0.838. The lowest BCUT2D eigenvalue weighted by molar-refractivity contribution is -0.137. The van der Waals surface area contributed by atoms with E-state index < -0.39 is 11.5 Å². The molecule has 0 heterocycles. The Morgan fingerprint density at radius 2 is 1.06 bits per heavy atom. The Bertz CT molecular complexity index is 853. The molecule has 0 aliphatic carbocycles. The minimum absolute atomic E-state index is 0.0282. The molecule has 13 nitrogen and oxygen atoms in total. The average Bonchev–Trinajstić information content (AvgIpc) is 3.06. The number of unbranched alkanes of at least 4 members (excludes halogenated alkanes) is 13. The Kier molecular flexibility index (Phi) is 39.8. The quantitative estimate of drug-likeness (QED) is 0.0431. The zero-order chi connectivity index (χ0) is 38.3. The summed E-state index contributed by atoms with van der Waals surface area (Å²) in [5.41, 5.74) is -1.03. The second-order valence-electron chi connectivity index (χ2n) is 13.0. The summed E-state index contributed by atoms with van der Waals surface area (Å²) < 4.78 is 10.6. The predicted octanol–water partition coefficient (Wildman–Crippen LogP) is 5.82. The van der Waals surface area contributed by atoms with Crippen LogP contribution in [0.4, 0.5) is 0 Å². The van der Waals surface area contributed by atoms with Crippen LogP contribution < -0.4 is 16.0 Å². The minimum atomic E-state index is -1.03. The standard InChI is InChI=1S/C32H61N3O7.C4H8O.CH2O2/c1-4-41-26-27-42-25-24-34-31(40)32(2,3)35-29(37)21-19-23-33-28(36)20-17-15-13-11-9-7-5-6-8-10-12-14-16-18-22-30(38)39;1-4(2)3-5;2-1-3/h4-27H2,1-3H3,(H,33,36)(H,34,40)(H,35,37)(H,38,39);3-4H,1-2H3;1H,(H,2,3). The number of amides is 3. The van der Waals surface area contributed by atoms with Gasteiger partial charge in [0, 0.05) is 44.9 Å². The van der Waals surface area contributed by atoms with Gasteiger partial charge in [0.15, 0.2) is 0 Å². The van der Waals surface area contributed by atoms with E-state index >= 15 is 0 Å². The molecule has 3 amide bonds. The molecule has 294 valence electrons. The van der Waals surface area contributed by atoms with Gasteiger partial charge in [0.25, 0.3) is 6.47 Å². The summed E-state index contributed by atoms with van der Waals surface area (Å²) in [5.74, 6) is -0.950. The number of carboxylic acid groups (broad SMARTS) is 2. The summed E-state index contributed by atoms with van der Waals surface area (Å²) >= 11 is 0. The first-order chi connectivity index (χ1) is 23.9. The van der Waals surface area contributed by atoms with Crippen LogP contribution in [-0.2, 0) is 38.2 Å². The van der Waals surface area contributed by atoms with Crippen LogP contribution in [0.1, 0.15) is 150 Å². The summed E-state index contributed by atoms with van der Waals surface area (Å²) in [4.78, 5) is 65.0. The molecule has 0 fully saturated rings. The van der Waals surface area contributed by atoms with Gasteiger partial charge in [-0.2, -0.15) is 0 Å². The van der Waals surface area contributed by atoms with Gasteiger partial charge in [0.1, 0.15) is 11.8 Å². The van der Waals surface area contributed by atoms with Crippen molar-refractivity contribution in [3.63, 3.8) is 0 Å². The van der Waals surface area contributed by atoms with Crippen LogP contribution in [0.2, 0.25) is 0 Å². The molecule has 0 aliphatic rings. The third-order valence-corrected chi connectivity index (χ3v) is 7.35. The largest absolute Gasteiger partial charge is 0.483 e. The summed E-state index contributed by atoms with van der Waals surface area (Å²) in [5, 5.41) is 23.9. The van der Waals surface area contributed by atoms with Crippen LogP contribution >= 0.6 is 0 Å². The van der Waals surface area contributed by atoms with E-state index in [9.17, 15) is 24.0 Å². The zero-order valence-corrected chi connectivity index (χ0v) is 31.9. The van der Waals surface area contributed by atoms with Crippen molar-refractivity contribution >= 4 is 36.4 Å². The van der Waals surface area contributed by atoms with Crippen LogP contribution in [0.15, 0.2) is 0 Å². The highest BCUT2D eigenvalue weighted by Gasteiger charge is 2.28. The average molecular weight is 718 g/mol. The van der Waals surface area contributed by atoms with Crippen molar-refractivity contribution in [2.24, 2.45) is 5.92 Å². The van der Waals surface area contributed by atoms with E-state index in [1.165, 1.54) is 51.4 Å². The van der Waals surface area contributed by atoms with Crippen molar-refractivity contribution < 1.29 is 48.5 Å². The minimum Gasteiger partial charge on any atom is -0.483 e. The highest BCUT2D eigenvalue weighted by molar-refractivity contribution is 5.90. The van der Waals surface area contributed by atoms with Crippen LogP contribution in [-0.4, -0.2) is 91.7 Å². The molecule has 0 aromatic carbocycles. The molecule has 0 atom stereocenters. The van der Waals surface area contributed by atoms with Crippen LogP contribution in [0.25, 0.3) is 0 Å². The van der Waals surface area contributed by atoms with Crippen molar-refractivity contribution in [3.8, 4) is 0 Å². The molecule has 0 radical (unpaired) electrons. The van der Waals surface area contributed by atoms with E-state index in [4.69, 9.17) is 24.5 Å². The van der Waals surface area contributed by atoms with Crippen molar-refractivity contribution in [3.05, 3.63) is 0 Å². The number of nitrogens with one attached hydrogen (secondary N) is 3. The first-order valence-corrected chi connectivity index (χ1v) is 18.6. The lowest BCUT2D eigenvalue weighted by atomic mass is 10.0. The number of hydrogen-bond donors (Lipinski definition) is 5. The Balaban J connectivity index is -0.00000247. The molecule has 13 heteroatoms. The fourth-order valence-corrected chi connectivity index (χ4v) is 4.54. The smallest absolute Gasteiger partial charge is 0.303 e. The van der Waals surface area contributed by atoms with Crippen LogP contribution in [0.3, 0.4) is 0 Å². The molecule has 50 heavy (non-hydrogen) atoms. The Morgan fingerprint density at radius 1 is 0.640 bits per heavy atom. The van der Waals surface area contributed by atoms with Gasteiger partial charge in [0.05, 0.1) is 19.8 Å². The normalized spacial score (nSPS) is 10.6. The van der Waals surface area contributed by atoms with Gasteiger partial charge in [-0.1, -0.05) is 90.9 Å². The number of hydrogen-bond acceptors (Lipinski definition) is 8. The van der Waals surface area contributed by atoms with Gasteiger partial charge >= 0.3 is 5.97 Å². The van der Waals surface area contributed by atoms with Gasteiger partial charge in [0.2, 0.25) is 17.7 Å². The molecule has 0 aliphatic heterocycles. The molecule has 0 bridgehead atoms. The molecule has 5 N–H and O–H groups in total. The monoisotopic (exact) mass is 718 g/mol. The number of aliphatic carboxylic acids is 1.